The van der Waals surface area contributed by atoms with Crippen LogP contribution in [0.4, 0.5) is 10.1 Å². The SMILES string of the molecule is CC1CC(C)C(C)N(C(=O)c2ccc([N+](=O)[O-])c(F)c2)C1. The van der Waals surface area contributed by atoms with Gasteiger partial charge in [-0.1, -0.05) is 13.8 Å². The van der Waals surface area contributed by atoms with Gasteiger partial charge in [-0.2, -0.15) is 4.39 Å². The van der Waals surface area contributed by atoms with E-state index in [9.17, 15) is 19.3 Å². The van der Waals surface area contributed by atoms with Crippen LogP contribution >= 0.6 is 0 Å². The van der Waals surface area contributed by atoms with E-state index in [2.05, 4.69) is 13.8 Å². The second-order valence-electron chi connectivity index (χ2n) is 5.94. The molecule has 1 saturated heterocycles. The van der Waals surface area contributed by atoms with Crippen molar-refractivity contribution in [3.63, 3.8) is 0 Å². The fourth-order valence-corrected chi connectivity index (χ4v) is 2.94. The molecule has 0 aliphatic carbocycles. The molecule has 0 bridgehead atoms. The number of nitro benzene ring substituents is 1. The van der Waals surface area contributed by atoms with E-state index < -0.39 is 16.4 Å². The lowest BCUT2D eigenvalue weighted by molar-refractivity contribution is -0.387. The molecule has 1 aliphatic heterocycles. The number of carbonyl (C=O) groups is 1. The number of hydrogen-bond donors (Lipinski definition) is 0. The Bertz CT molecular complexity index is 576. The number of hydrogen-bond acceptors (Lipinski definition) is 3. The molecule has 3 unspecified atom stereocenters. The fraction of sp³-hybridized carbons (Fsp3) is 0.533. The summed E-state index contributed by atoms with van der Waals surface area (Å²) in [6.45, 7) is 6.79. The Labute approximate surface area is 122 Å². The van der Waals surface area contributed by atoms with Gasteiger partial charge in [0.15, 0.2) is 0 Å². The Morgan fingerprint density at radius 2 is 2.05 bits per heavy atom. The Balaban J connectivity index is 2.27. The van der Waals surface area contributed by atoms with Gasteiger partial charge in [-0.3, -0.25) is 14.9 Å². The van der Waals surface area contributed by atoms with Crippen LogP contribution in [0.1, 0.15) is 37.6 Å². The van der Waals surface area contributed by atoms with Gasteiger partial charge in [-0.25, -0.2) is 0 Å². The summed E-state index contributed by atoms with van der Waals surface area (Å²) in [6.07, 6.45) is 1.06. The van der Waals surface area contributed by atoms with Gasteiger partial charge in [0.25, 0.3) is 5.91 Å². The highest BCUT2D eigenvalue weighted by Gasteiger charge is 2.32. The molecule has 114 valence electrons. The molecule has 1 amide bonds. The quantitative estimate of drug-likeness (QED) is 0.621. The summed E-state index contributed by atoms with van der Waals surface area (Å²) in [5, 5.41) is 10.6. The number of nitro groups is 1. The van der Waals surface area contributed by atoms with Gasteiger partial charge in [0, 0.05) is 24.2 Å². The lowest BCUT2D eigenvalue weighted by Crippen LogP contribution is -2.48. The molecule has 3 atom stereocenters. The van der Waals surface area contributed by atoms with Crippen molar-refractivity contribution in [2.24, 2.45) is 11.8 Å². The van der Waals surface area contributed by atoms with E-state index in [0.29, 0.717) is 18.4 Å². The molecule has 5 nitrogen and oxygen atoms in total. The first-order valence-corrected chi connectivity index (χ1v) is 7.06. The zero-order chi connectivity index (χ0) is 15.7. The van der Waals surface area contributed by atoms with Crippen LogP contribution in [0.2, 0.25) is 0 Å². The lowest BCUT2D eigenvalue weighted by Gasteiger charge is -2.41. The molecule has 1 aromatic rings. The Hall–Kier alpha value is -1.98. The third kappa shape index (κ3) is 3.04. The van der Waals surface area contributed by atoms with Gasteiger partial charge in [0.05, 0.1) is 4.92 Å². The molecule has 1 aromatic carbocycles. The third-order valence-electron chi connectivity index (χ3n) is 4.25. The molecule has 0 radical (unpaired) electrons. The zero-order valence-electron chi connectivity index (χ0n) is 12.4. The smallest absolute Gasteiger partial charge is 0.304 e. The largest absolute Gasteiger partial charge is 0.335 e. The van der Waals surface area contributed by atoms with Crippen molar-refractivity contribution in [3.05, 3.63) is 39.7 Å². The number of carbonyl (C=O) groups excluding carboxylic acids is 1. The molecule has 0 saturated carbocycles. The Kier molecular flexibility index (Phi) is 4.25. The highest BCUT2D eigenvalue weighted by molar-refractivity contribution is 5.94. The topological polar surface area (TPSA) is 63.5 Å². The minimum atomic E-state index is -0.975. The first-order chi connectivity index (χ1) is 9.81. The van der Waals surface area contributed by atoms with Crippen molar-refractivity contribution in [2.75, 3.05) is 6.54 Å². The first-order valence-electron chi connectivity index (χ1n) is 7.06. The second kappa shape index (κ2) is 5.79. The Morgan fingerprint density at radius 3 is 2.62 bits per heavy atom. The molecule has 1 fully saturated rings. The predicted octanol–water partition coefficient (Wildman–Crippen LogP) is 3.24. The Morgan fingerprint density at radius 1 is 1.38 bits per heavy atom. The molecule has 0 N–H and O–H groups in total. The maximum Gasteiger partial charge on any atom is 0.304 e. The van der Waals surface area contributed by atoms with E-state index in [0.717, 1.165) is 18.6 Å². The number of piperidine rings is 1. The van der Waals surface area contributed by atoms with Crippen molar-refractivity contribution >= 4 is 11.6 Å². The van der Waals surface area contributed by atoms with Crippen LogP contribution in [0.15, 0.2) is 18.2 Å². The highest BCUT2D eigenvalue weighted by Crippen LogP contribution is 2.29. The van der Waals surface area contributed by atoms with Gasteiger partial charge in [0.1, 0.15) is 0 Å². The number of nitrogens with zero attached hydrogens (tertiary/aromatic N) is 2. The van der Waals surface area contributed by atoms with Gasteiger partial charge in [0.2, 0.25) is 5.82 Å². The van der Waals surface area contributed by atoms with Crippen molar-refractivity contribution in [1.82, 2.24) is 4.90 Å². The van der Waals surface area contributed by atoms with Crippen molar-refractivity contribution in [1.29, 1.82) is 0 Å². The minimum absolute atomic E-state index is 0.0759. The van der Waals surface area contributed by atoms with Crippen molar-refractivity contribution in [2.45, 2.75) is 33.2 Å². The maximum absolute atomic E-state index is 13.7. The van der Waals surface area contributed by atoms with E-state index in [1.807, 2.05) is 6.92 Å². The van der Waals surface area contributed by atoms with E-state index >= 15 is 0 Å². The number of benzene rings is 1. The summed E-state index contributed by atoms with van der Waals surface area (Å²) >= 11 is 0. The first kappa shape index (κ1) is 15.4. The lowest BCUT2D eigenvalue weighted by atomic mass is 9.85. The summed E-state index contributed by atoms with van der Waals surface area (Å²) < 4.78 is 13.7. The molecular weight excluding hydrogens is 275 g/mol. The van der Waals surface area contributed by atoms with Crippen LogP contribution in [0.3, 0.4) is 0 Å². The fourth-order valence-electron chi connectivity index (χ4n) is 2.94. The summed E-state index contributed by atoms with van der Waals surface area (Å²) in [5.41, 5.74) is -0.453. The highest BCUT2D eigenvalue weighted by atomic mass is 19.1. The average Bonchev–Trinajstić information content (AvgIpc) is 2.41. The summed E-state index contributed by atoms with van der Waals surface area (Å²) in [6, 6.07) is 3.40. The van der Waals surface area contributed by atoms with E-state index in [-0.39, 0.29) is 17.5 Å². The van der Waals surface area contributed by atoms with Gasteiger partial charge < -0.3 is 4.90 Å². The van der Waals surface area contributed by atoms with Gasteiger partial charge in [-0.05, 0) is 37.3 Å². The monoisotopic (exact) mass is 294 g/mol. The molecule has 6 heteroatoms. The molecule has 0 aromatic heterocycles. The average molecular weight is 294 g/mol. The third-order valence-corrected chi connectivity index (χ3v) is 4.25. The molecule has 0 spiro atoms. The number of likely N-dealkylation sites (tertiary alicyclic amines) is 1. The second-order valence-corrected chi connectivity index (χ2v) is 5.94. The van der Waals surface area contributed by atoms with E-state index in [4.69, 9.17) is 0 Å². The van der Waals surface area contributed by atoms with E-state index in [1.165, 1.54) is 6.07 Å². The molecule has 21 heavy (non-hydrogen) atoms. The zero-order valence-corrected chi connectivity index (χ0v) is 12.4. The number of rotatable bonds is 2. The van der Waals surface area contributed by atoms with Crippen LogP contribution in [-0.2, 0) is 0 Å². The number of halogens is 1. The van der Waals surface area contributed by atoms with E-state index in [1.54, 1.807) is 4.90 Å². The van der Waals surface area contributed by atoms with Crippen LogP contribution in [0, 0.1) is 27.8 Å². The molecule has 1 heterocycles. The standard InChI is InChI=1S/C15H19FN2O3/c1-9-6-10(2)11(3)17(8-9)15(19)12-4-5-14(18(20)21)13(16)7-12/h4-5,7,9-11H,6,8H2,1-3H3. The van der Waals surface area contributed by atoms with Crippen molar-refractivity contribution < 1.29 is 14.1 Å². The van der Waals surface area contributed by atoms with Crippen LogP contribution < -0.4 is 0 Å². The summed E-state index contributed by atoms with van der Waals surface area (Å²) in [4.78, 5) is 24.1. The minimum Gasteiger partial charge on any atom is -0.335 e. The molecule has 1 aliphatic rings. The van der Waals surface area contributed by atoms with Gasteiger partial charge in [-0.15, -0.1) is 0 Å². The normalized spacial score (nSPS) is 25.7. The molecular formula is C15H19FN2O3. The maximum atomic E-state index is 13.7. The summed E-state index contributed by atoms with van der Waals surface area (Å²) in [7, 11) is 0. The van der Waals surface area contributed by atoms with Gasteiger partial charge >= 0.3 is 5.69 Å². The molecule has 2 rings (SSSR count). The van der Waals surface area contributed by atoms with Crippen LogP contribution in [-0.4, -0.2) is 28.3 Å². The summed E-state index contributed by atoms with van der Waals surface area (Å²) in [5.74, 6) is -0.477. The predicted molar refractivity (Wildman–Crippen MR) is 76.5 cm³/mol. The van der Waals surface area contributed by atoms with Crippen molar-refractivity contribution in [3.8, 4) is 0 Å². The number of amides is 1. The van der Waals surface area contributed by atoms with Crippen LogP contribution in [0.5, 0.6) is 0 Å². The van der Waals surface area contributed by atoms with Crippen LogP contribution in [0.25, 0.3) is 0 Å².